The molecule has 2 rings (SSSR count). The van der Waals surface area contributed by atoms with Crippen molar-refractivity contribution in [2.45, 2.75) is 6.42 Å². The number of hydrogen-bond donors (Lipinski definition) is 0. The summed E-state index contributed by atoms with van der Waals surface area (Å²) in [6.45, 7) is 5.92. The fraction of sp³-hybridized carbons (Fsp3) is 0.467. The molecule has 1 aromatic carbocycles. The fourth-order valence-corrected chi connectivity index (χ4v) is 2.13. The number of benzene rings is 1. The van der Waals surface area contributed by atoms with E-state index in [2.05, 4.69) is 34.9 Å². The highest BCUT2D eigenvalue weighted by atomic mass is 15.2. The summed E-state index contributed by atoms with van der Waals surface area (Å²) >= 11 is 0. The smallest absolute Gasteiger partial charge is 0.0242 e. The van der Waals surface area contributed by atoms with Crippen LogP contribution in [0, 0.1) is 12.3 Å². The van der Waals surface area contributed by atoms with Crippen LogP contribution in [0.1, 0.15) is 11.1 Å². The molecule has 1 aliphatic heterocycles. The molecule has 17 heavy (non-hydrogen) atoms. The zero-order chi connectivity index (χ0) is 12.1. The van der Waals surface area contributed by atoms with Crippen molar-refractivity contribution in [1.82, 2.24) is 9.80 Å². The van der Waals surface area contributed by atoms with Gasteiger partial charge in [0.05, 0.1) is 0 Å². The van der Waals surface area contributed by atoms with Crippen LogP contribution in [0.4, 0.5) is 0 Å². The maximum Gasteiger partial charge on any atom is 0.0242 e. The van der Waals surface area contributed by atoms with Crippen LogP contribution in [0.3, 0.4) is 0 Å². The molecule has 2 nitrogen and oxygen atoms in total. The van der Waals surface area contributed by atoms with E-state index in [9.17, 15) is 0 Å². The molecular weight excluding hydrogens is 208 g/mol. The largest absolute Gasteiger partial charge is 0.304 e. The molecule has 0 bridgehead atoms. The molecule has 0 unspecified atom stereocenters. The van der Waals surface area contributed by atoms with E-state index in [4.69, 9.17) is 6.42 Å². The molecular formula is C15H20N2. The van der Waals surface area contributed by atoms with Gasteiger partial charge in [-0.3, -0.25) is 0 Å². The van der Waals surface area contributed by atoms with E-state index in [1.165, 1.54) is 31.7 Å². The van der Waals surface area contributed by atoms with Crippen LogP contribution in [0.2, 0.25) is 0 Å². The number of likely N-dealkylation sites (N-methyl/N-ethyl adjacent to an activating group) is 1. The first-order valence-corrected chi connectivity index (χ1v) is 6.24. The maximum absolute atomic E-state index is 5.34. The van der Waals surface area contributed by atoms with Crippen LogP contribution in [0.5, 0.6) is 0 Å². The number of terminal acetylenes is 1. The van der Waals surface area contributed by atoms with E-state index in [0.29, 0.717) is 0 Å². The van der Waals surface area contributed by atoms with Crippen LogP contribution in [-0.2, 0) is 6.42 Å². The number of piperazine rings is 1. The van der Waals surface area contributed by atoms with Crippen molar-refractivity contribution < 1.29 is 0 Å². The van der Waals surface area contributed by atoms with Gasteiger partial charge in [0.15, 0.2) is 0 Å². The molecule has 0 spiro atoms. The van der Waals surface area contributed by atoms with Gasteiger partial charge < -0.3 is 9.80 Å². The van der Waals surface area contributed by atoms with Crippen LogP contribution >= 0.6 is 0 Å². The minimum absolute atomic E-state index is 0.966. The topological polar surface area (TPSA) is 6.48 Å². The minimum atomic E-state index is 0.966. The third-order valence-electron chi connectivity index (χ3n) is 3.43. The summed E-state index contributed by atoms with van der Waals surface area (Å²) < 4.78 is 0. The normalized spacial score (nSPS) is 17.9. The Morgan fingerprint density at radius 2 is 1.76 bits per heavy atom. The van der Waals surface area contributed by atoms with E-state index in [1.807, 2.05) is 12.1 Å². The molecule has 0 amide bonds. The van der Waals surface area contributed by atoms with Gasteiger partial charge in [-0.25, -0.2) is 0 Å². The lowest BCUT2D eigenvalue weighted by Crippen LogP contribution is -2.45. The zero-order valence-corrected chi connectivity index (χ0v) is 10.5. The van der Waals surface area contributed by atoms with Gasteiger partial charge in [0.25, 0.3) is 0 Å². The predicted molar refractivity (Wildman–Crippen MR) is 72.0 cm³/mol. The van der Waals surface area contributed by atoms with Crippen molar-refractivity contribution in [2.24, 2.45) is 0 Å². The van der Waals surface area contributed by atoms with Crippen molar-refractivity contribution in [3.63, 3.8) is 0 Å². The van der Waals surface area contributed by atoms with Crippen LogP contribution in [0.25, 0.3) is 0 Å². The number of rotatable bonds is 3. The highest BCUT2D eigenvalue weighted by Gasteiger charge is 2.12. The molecule has 1 aromatic rings. The lowest BCUT2D eigenvalue weighted by Gasteiger charge is -2.32. The fourth-order valence-electron chi connectivity index (χ4n) is 2.13. The first-order chi connectivity index (χ1) is 8.28. The van der Waals surface area contributed by atoms with E-state index in [1.54, 1.807) is 0 Å². The second-order valence-electron chi connectivity index (χ2n) is 4.74. The highest BCUT2D eigenvalue weighted by molar-refractivity contribution is 5.34. The van der Waals surface area contributed by atoms with Crippen molar-refractivity contribution in [3.05, 3.63) is 35.4 Å². The molecule has 0 N–H and O–H groups in total. The van der Waals surface area contributed by atoms with E-state index in [0.717, 1.165) is 18.5 Å². The van der Waals surface area contributed by atoms with Gasteiger partial charge in [0, 0.05) is 38.3 Å². The van der Waals surface area contributed by atoms with Crippen LogP contribution < -0.4 is 0 Å². The summed E-state index contributed by atoms with van der Waals surface area (Å²) in [4.78, 5) is 4.92. The average Bonchev–Trinajstić information content (AvgIpc) is 2.39. The molecule has 0 saturated carbocycles. The van der Waals surface area contributed by atoms with Gasteiger partial charge in [0.2, 0.25) is 0 Å². The quantitative estimate of drug-likeness (QED) is 0.723. The minimum Gasteiger partial charge on any atom is -0.304 e. The summed E-state index contributed by atoms with van der Waals surface area (Å²) in [5.41, 5.74) is 2.34. The van der Waals surface area contributed by atoms with Gasteiger partial charge in [-0.05, 0) is 31.2 Å². The third-order valence-corrected chi connectivity index (χ3v) is 3.43. The summed E-state index contributed by atoms with van der Waals surface area (Å²) in [5, 5.41) is 0. The second-order valence-corrected chi connectivity index (χ2v) is 4.74. The number of nitrogens with zero attached hydrogens (tertiary/aromatic N) is 2. The Morgan fingerprint density at radius 3 is 2.35 bits per heavy atom. The molecule has 0 radical (unpaired) electrons. The standard InChI is InChI=1S/C15H20N2/c1-3-14-4-6-15(7-5-14)8-9-17-12-10-16(2)11-13-17/h1,4-7H,8-13H2,2H3. The molecule has 90 valence electrons. The summed E-state index contributed by atoms with van der Waals surface area (Å²) in [7, 11) is 2.19. The molecule has 1 aliphatic rings. The molecule has 0 atom stereocenters. The lowest BCUT2D eigenvalue weighted by atomic mass is 10.1. The lowest BCUT2D eigenvalue weighted by molar-refractivity contribution is 0.155. The van der Waals surface area contributed by atoms with E-state index < -0.39 is 0 Å². The zero-order valence-electron chi connectivity index (χ0n) is 10.5. The van der Waals surface area contributed by atoms with Gasteiger partial charge in [-0.1, -0.05) is 18.1 Å². The Labute approximate surface area is 104 Å². The molecule has 2 heteroatoms. The molecule has 1 fully saturated rings. The Morgan fingerprint density at radius 1 is 1.12 bits per heavy atom. The van der Waals surface area contributed by atoms with Gasteiger partial charge >= 0.3 is 0 Å². The monoisotopic (exact) mass is 228 g/mol. The second kappa shape index (κ2) is 5.86. The molecule has 0 aromatic heterocycles. The predicted octanol–water partition coefficient (Wildman–Crippen LogP) is 1.46. The maximum atomic E-state index is 5.34. The molecule has 1 saturated heterocycles. The van der Waals surface area contributed by atoms with Crippen molar-refractivity contribution in [1.29, 1.82) is 0 Å². The Hall–Kier alpha value is -1.30. The van der Waals surface area contributed by atoms with E-state index in [-0.39, 0.29) is 0 Å². The summed E-state index contributed by atoms with van der Waals surface area (Å²) in [5.74, 6) is 2.65. The van der Waals surface area contributed by atoms with Gasteiger partial charge in [-0.15, -0.1) is 6.42 Å². The van der Waals surface area contributed by atoms with Gasteiger partial charge in [0.1, 0.15) is 0 Å². The van der Waals surface area contributed by atoms with Crippen molar-refractivity contribution in [2.75, 3.05) is 39.8 Å². The third kappa shape index (κ3) is 3.59. The summed E-state index contributed by atoms with van der Waals surface area (Å²) in [6, 6.07) is 8.34. The average molecular weight is 228 g/mol. The van der Waals surface area contributed by atoms with Crippen LogP contribution in [0.15, 0.2) is 24.3 Å². The molecule has 0 aliphatic carbocycles. The van der Waals surface area contributed by atoms with Crippen molar-refractivity contribution >= 4 is 0 Å². The summed E-state index contributed by atoms with van der Waals surface area (Å²) in [6.07, 6.45) is 6.46. The van der Waals surface area contributed by atoms with Crippen molar-refractivity contribution in [3.8, 4) is 12.3 Å². The van der Waals surface area contributed by atoms with Crippen LogP contribution in [-0.4, -0.2) is 49.6 Å². The number of hydrogen-bond acceptors (Lipinski definition) is 2. The van der Waals surface area contributed by atoms with Gasteiger partial charge in [-0.2, -0.15) is 0 Å². The SMILES string of the molecule is C#Cc1ccc(CCN2CCN(C)CC2)cc1. The Kier molecular flexibility index (Phi) is 4.19. The first kappa shape index (κ1) is 12.2. The highest BCUT2D eigenvalue weighted by Crippen LogP contribution is 2.06. The Balaban J connectivity index is 1.79. The Bertz CT molecular complexity index is 380. The first-order valence-electron chi connectivity index (χ1n) is 6.24. The molecule has 1 heterocycles. The van der Waals surface area contributed by atoms with E-state index >= 15 is 0 Å².